The molecule has 6 heteroatoms. The van der Waals surface area contributed by atoms with Gasteiger partial charge in [0.2, 0.25) is 0 Å². The molecule has 100 valence electrons. The maximum Gasteiger partial charge on any atom is 0.265 e. The zero-order valence-corrected chi connectivity index (χ0v) is 12.5. The van der Waals surface area contributed by atoms with Crippen LogP contribution in [0.15, 0.2) is 27.5 Å². The van der Waals surface area contributed by atoms with Crippen LogP contribution >= 0.6 is 27.5 Å². The summed E-state index contributed by atoms with van der Waals surface area (Å²) in [6, 6.07) is 4.05. The van der Waals surface area contributed by atoms with E-state index >= 15 is 0 Å². The third-order valence-electron chi connectivity index (χ3n) is 2.55. The maximum absolute atomic E-state index is 13.3. The molecule has 0 saturated heterocycles. The van der Waals surface area contributed by atoms with Gasteiger partial charge in [-0.05, 0) is 40.5 Å². The van der Waals surface area contributed by atoms with E-state index < -0.39 is 5.82 Å². The Balaban J connectivity index is 2.59. The summed E-state index contributed by atoms with van der Waals surface area (Å²) in [5.74, 6) is -0.150. The molecule has 0 amide bonds. The van der Waals surface area contributed by atoms with Crippen molar-refractivity contribution in [1.82, 2.24) is 9.97 Å². The van der Waals surface area contributed by atoms with Crippen molar-refractivity contribution >= 4 is 27.5 Å². The number of aromatic nitrogens is 2. The first-order valence-electron chi connectivity index (χ1n) is 5.76. The molecule has 2 rings (SSSR count). The molecule has 1 heterocycles. The van der Waals surface area contributed by atoms with E-state index in [-0.39, 0.29) is 10.6 Å². The Morgan fingerprint density at radius 3 is 2.79 bits per heavy atom. The fraction of sp³-hybridized carbons (Fsp3) is 0.231. The number of benzene rings is 1. The van der Waals surface area contributed by atoms with Crippen LogP contribution in [-0.2, 0) is 6.42 Å². The van der Waals surface area contributed by atoms with Gasteiger partial charge in [0, 0.05) is 10.6 Å². The van der Waals surface area contributed by atoms with Gasteiger partial charge in [-0.1, -0.05) is 24.9 Å². The highest BCUT2D eigenvalue weighted by atomic mass is 79.9. The smallest absolute Gasteiger partial charge is 0.265 e. The Hall–Kier alpha value is -1.20. The Bertz CT molecular complexity index is 652. The summed E-state index contributed by atoms with van der Waals surface area (Å²) in [4.78, 5) is 18.8. The van der Waals surface area contributed by atoms with E-state index in [1.807, 2.05) is 6.92 Å². The van der Waals surface area contributed by atoms with Crippen LogP contribution < -0.4 is 5.56 Å². The fourth-order valence-electron chi connectivity index (χ4n) is 1.74. The Labute approximate surface area is 123 Å². The molecular formula is C13H11BrClFN2O. The molecular weight excluding hydrogens is 335 g/mol. The molecule has 1 aromatic carbocycles. The molecule has 0 aliphatic carbocycles. The standard InChI is InChI=1S/C13H11BrClFN2O/c1-2-3-10-11(14)13(19)18-12(17-10)7-4-8(15)6-9(16)5-7/h4-6H,2-3H2,1H3,(H,17,18,19). The van der Waals surface area contributed by atoms with Gasteiger partial charge < -0.3 is 4.98 Å². The summed E-state index contributed by atoms with van der Waals surface area (Å²) in [6.07, 6.45) is 1.53. The molecule has 0 aliphatic rings. The van der Waals surface area contributed by atoms with E-state index in [0.717, 1.165) is 6.42 Å². The average molecular weight is 346 g/mol. The summed E-state index contributed by atoms with van der Waals surface area (Å²) in [6.45, 7) is 1.99. The first kappa shape index (κ1) is 14.2. The van der Waals surface area contributed by atoms with E-state index in [2.05, 4.69) is 25.9 Å². The van der Waals surface area contributed by atoms with Crippen molar-refractivity contribution < 1.29 is 4.39 Å². The lowest BCUT2D eigenvalue weighted by Gasteiger charge is -2.06. The SMILES string of the molecule is CCCc1nc(-c2cc(F)cc(Cl)c2)[nH]c(=O)c1Br. The van der Waals surface area contributed by atoms with Crippen LogP contribution in [-0.4, -0.2) is 9.97 Å². The third kappa shape index (κ3) is 3.22. The largest absolute Gasteiger partial charge is 0.306 e. The molecule has 0 atom stereocenters. The van der Waals surface area contributed by atoms with Gasteiger partial charge in [0.25, 0.3) is 5.56 Å². The van der Waals surface area contributed by atoms with Crippen molar-refractivity contribution in [2.24, 2.45) is 0 Å². The summed E-state index contributed by atoms with van der Waals surface area (Å²) in [5, 5.41) is 0.262. The van der Waals surface area contributed by atoms with Gasteiger partial charge in [0.1, 0.15) is 16.1 Å². The minimum atomic E-state index is -0.467. The first-order valence-corrected chi connectivity index (χ1v) is 6.93. The van der Waals surface area contributed by atoms with Crippen molar-refractivity contribution in [1.29, 1.82) is 0 Å². The maximum atomic E-state index is 13.3. The highest BCUT2D eigenvalue weighted by Gasteiger charge is 2.11. The Kier molecular flexibility index (Phi) is 4.37. The molecule has 0 aliphatic heterocycles. The molecule has 0 fully saturated rings. The highest BCUT2D eigenvalue weighted by Crippen LogP contribution is 2.22. The lowest BCUT2D eigenvalue weighted by molar-refractivity contribution is 0.628. The van der Waals surface area contributed by atoms with E-state index in [0.29, 0.717) is 28.0 Å². The summed E-state index contributed by atoms with van der Waals surface area (Å²) >= 11 is 9.01. The predicted octanol–water partition coefficient (Wildman–Crippen LogP) is 3.94. The van der Waals surface area contributed by atoms with Crippen molar-refractivity contribution in [2.45, 2.75) is 19.8 Å². The lowest BCUT2D eigenvalue weighted by Crippen LogP contribution is -2.13. The summed E-state index contributed by atoms with van der Waals surface area (Å²) in [7, 11) is 0. The number of H-pyrrole nitrogens is 1. The monoisotopic (exact) mass is 344 g/mol. The minimum Gasteiger partial charge on any atom is -0.306 e. The van der Waals surface area contributed by atoms with Gasteiger partial charge in [-0.3, -0.25) is 4.79 Å². The first-order chi connectivity index (χ1) is 9.01. The molecule has 1 N–H and O–H groups in total. The number of aromatic amines is 1. The van der Waals surface area contributed by atoms with E-state index in [4.69, 9.17) is 11.6 Å². The molecule has 0 unspecified atom stereocenters. The number of halogens is 3. The van der Waals surface area contributed by atoms with Crippen LogP contribution in [0.2, 0.25) is 5.02 Å². The molecule has 2 aromatic rings. The second-order valence-electron chi connectivity index (χ2n) is 4.08. The van der Waals surface area contributed by atoms with Crippen molar-refractivity contribution in [2.75, 3.05) is 0 Å². The molecule has 3 nitrogen and oxygen atoms in total. The summed E-state index contributed by atoms with van der Waals surface area (Å²) in [5.41, 5.74) is 0.822. The second-order valence-corrected chi connectivity index (χ2v) is 5.31. The van der Waals surface area contributed by atoms with Crippen LogP contribution in [0.25, 0.3) is 11.4 Å². The van der Waals surface area contributed by atoms with Crippen molar-refractivity contribution in [3.05, 3.63) is 49.6 Å². The van der Waals surface area contributed by atoms with Crippen molar-refractivity contribution in [3.8, 4) is 11.4 Å². The molecule has 0 bridgehead atoms. The molecule has 19 heavy (non-hydrogen) atoms. The fourth-order valence-corrected chi connectivity index (χ4v) is 2.34. The van der Waals surface area contributed by atoms with Crippen LogP contribution in [0, 0.1) is 5.82 Å². The Morgan fingerprint density at radius 2 is 2.16 bits per heavy atom. The molecule has 0 spiro atoms. The summed E-state index contributed by atoms with van der Waals surface area (Å²) < 4.78 is 13.7. The zero-order chi connectivity index (χ0) is 14.0. The van der Waals surface area contributed by atoms with Gasteiger partial charge >= 0.3 is 0 Å². The Morgan fingerprint density at radius 1 is 1.42 bits per heavy atom. The normalized spacial score (nSPS) is 10.7. The number of rotatable bonds is 3. The number of hydrogen-bond donors (Lipinski definition) is 1. The average Bonchev–Trinajstić information content (AvgIpc) is 2.33. The molecule has 0 saturated carbocycles. The minimum absolute atomic E-state index is 0.262. The van der Waals surface area contributed by atoms with Crippen LogP contribution in [0.5, 0.6) is 0 Å². The van der Waals surface area contributed by atoms with Crippen molar-refractivity contribution in [3.63, 3.8) is 0 Å². The third-order valence-corrected chi connectivity index (χ3v) is 3.59. The van der Waals surface area contributed by atoms with E-state index in [1.165, 1.54) is 12.1 Å². The van der Waals surface area contributed by atoms with Gasteiger partial charge in [0.15, 0.2) is 0 Å². The quantitative estimate of drug-likeness (QED) is 0.915. The van der Waals surface area contributed by atoms with Gasteiger partial charge in [-0.15, -0.1) is 0 Å². The number of hydrogen-bond acceptors (Lipinski definition) is 2. The molecule has 0 radical (unpaired) electrons. The van der Waals surface area contributed by atoms with E-state index in [9.17, 15) is 9.18 Å². The lowest BCUT2D eigenvalue weighted by atomic mass is 10.2. The zero-order valence-electron chi connectivity index (χ0n) is 10.1. The number of aryl methyl sites for hydroxylation is 1. The topological polar surface area (TPSA) is 45.8 Å². The number of nitrogens with zero attached hydrogens (tertiary/aromatic N) is 1. The predicted molar refractivity (Wildman–Crippen MR) is 77.0 cm³/mol. The second kappa shape index (κ2) is 5.84. The van der Waals surface area contributed by atoms with E-state index in [1.54, 1.807) is 6.07 Å². The van der Waals surface area contributed by atoms with Gasteiger partial charge in [0.05, 0.1) is 5.69 Å². The van der Waals surface area contributed by atoms with Crippen LogP contribution in [0.3, 0.4) is 0 Å². The highest BCUT2D eigenvalue weighted by molar-refractivity contribution is 9.10. The van der Waals surface area contributed by atoms with Crippen LogP contribution in [0.1, 0.15) is 19.0 Å². The number of nitrogens with one attached hydrogen (secondary N) is 1. The molecule has 1 aromatic heterocycles. The van der Waals surface area contributed by atoms with Gasteiger partial charge in [-0.25, -0.2) is 9.37 Å². The van der Waals surface area contributed by atoms with Gasteiger partial charge in [-0.2, -0.15) is 0 Å². The van der Waals surface area contributed by atoms with Crippen LogP contribution in [0.4, 0.5) is 4.39 Å².